The molecular formula is C19H27NO4. The van der Waals surface area contributed by atoms with Gasteiger partial charge in [0.05, 0.1) is 6.42 Å². The number of hydrogen-bond acceptors (Lipinski definition) is 4. The third-order valence-corrected chi connectivity index (χ3v) is 3.87. The van der Waals surface area contributed by atoms with Gasteiger partial charge in [0.1, 0.15) is 12.2 Å². The lowest BCUT2D eigenvalue weighted by Gasteiger charge is -2.33. The second-order valence-electron chi connectivity index (χ2n) is 7.29. The molecule has 0 aliphatic carbocycles. The summed E-state index contributed by atoms with van der Waals surface area (Å²) in [5.74, 6) is -0.0792. The van der Waals surface area contributed by atoms with Crippen molar-refractivity contribution >= 4 is 12.1 Å². The van der Waals surface area contributed by atoms with Crippen LogP contribution >= 0.6 is 0 Å². The number of benzene rings is 1. The van der Waals surface area contributed by atoms with Gasteiger partial charge in [0.15, 0.2) is 0 Å². The normalized spacial score (nSPS) is 18.1. The summed E-state index contributed by atoms with van der Waals surface area (Å²) in [6.45, 7) is 7.09. The number of carbonyl (C=O) groups excluding carboxylic acids is 2. The number of likely N-dealkylation sites (tertiary alicyclic amines) is 1. The first-order valence-electron chi connectivity index (χ1n) is 8.51. The Bertz CT molecular complexity index is 550. The van der Waals surface area contributed by atoms with Crippen molar-refractivity contribution in [1.29, 1.82) is 0 Å². The minimum absolute atomic E-state index is 0.134. The number of nitrogens with zero attached hydrogens (tertiary/aromatic N) is 1. The topological polar surface area (TPSA) is 55.8 Å². The number of ether oxygens (including phenoxy) is 2. The van der Waals surface area contributed by atoms with Gasteiger partial charge < -0.3 is 14.4 Å². The third-order valence-electron chi connectivity index (χ3n) is 3.87. The largest absolute Gasteiger partial charge is 0.461 e. The molecule has 0 N–H and O–H groups in total. The highest BCUT2D eigenvalue weighted by molar-refractivity contribution is 5.70. The molecule has 1 heterocycles. The molecule has 1 saturated heterocycles. The highest BCUT2D eigenvalue weighted by atomic mass is 16.6. The summed E-state index contributed by atoms with van der Waals surface area (Å²) in [4.78, 5) is 25.9. The van der Waals surface area contributed by atoms with Crippen LogP contribution in [0, 0.1) is 5.92 Å². The van der Waals surface area contributed by atoms with Gasteiger partial charge in [-0.2, -0.15) is 0 Å². The molecule has 24 heavy (non-hydrogen) atoms. The van der Waals surface area contributed by atoms with Crippen LogP contribution < -0.4 is 0 Å². The van der Waals surface area contributed by atoms with Gasteiger partial charge in [-0.15, -0.1) is 0 Å². The standard InChI is InChI=1S/C19H27NO4/c1-19(2,3)24-18(22)20-11-7-10-16(13-20)12-17(21)23-14-15-8-5-4-6-9-15/h4-6,8-9,16H,7,10-14H2,1-3H3/t16-/m1/s1. The molecule has 1 amide bonds. The van der Waals surface area contributed by atoms with Gasteiger partial charge in [-0.05, 0) is 45.1 Å². The Balaban J connectivity index is 1.77. The summed E-state index contributed by atoms with van der Waals surface area (Å²) < 4.78 is 10.7. The van der Waals surface area contributed by atoms with Gasteiger partial charge in [-0.1, -0.05) is 30.3 Å². The maximum Gasteiger partial charge on any atom is 0.410 e. The van der Waals surface area contributed by atoms with Crippen molar-refractivity contribution in [3.8, 4) is 0 Å². The molecule has 2 rings (SSSR count). The zero-order chi connectivity index (χ0) is 17.6. The number of rotatable bonds is 4. The van der Waals surface area contributed by atoms with E-state index in [0.29, 0.717) is 26.1 Å². The molecule has 1 atom stereocenters. The van der Waals surface area contributed by atoms with Gasteiger partial charge in [0.2, 0.25) is 0 Å². The first kappa shape index (κ1) is 18.3. The SMILES string of the molecule is CC(C)(C)OC(=O)N1CCC[C@H](CC(=O)OCc2ccccc2)C1. The van der Waals surface area contributed by atoms with E-state index >= 15 is 0 Å². The quantitative estimate of drug-likeness (QED) is 0.787. The number of piperidine rings is 1. The monoisotopic (exact) mass is 333 g/mol. The van der Waals surface area contributed by atoms with Crippen molar-refractivity contribution in [3.63, 3.8) is 0 Å². The van der Waals surface area contributed by atoms with E-state index in [-0.39, 0.29) is 18.0 Å². The Hall–Kier alpha value is -2.04. The van der Waals surface area contributed by atoms with Gasteiger partial charge in [-0.25, -0.2) is 4.79 Å². The first-order valence-corrected chi connectivity index (χ1v) is 8.51. The number of hydrogen-bond donors (Lipinski definition) is 0. The second-order valence-corrected chi connectivity index (χ2v) is 7.29. The minimum atomic E-state index is -0.501. The molecule has 1 fully saturated rings. The predicted molar refractivity (Wildman–Crippen MR) is 91.4 cm³/mol. The van der Waals surface area contributed by atoms with E-state index in [1.807, 2.05) is 51.1 Å². The van der Waals surface area contributed by atoms with Crippen LogP contribution in [-0.2, 0) is 20.9 Å². The van der Waals surface area contributed by atoms with Crippen molar-refractivity contribution in [2.75, 3.05) is 13.1 Å². The molecule has 5 nitrogen and oxygen atoms in total. The molecule has 0 bridgehead atoms. The third kappa shape index (κ3) is 6.22. The zero-order valence-corrected chi connectivity index (χ0v) is 14.8. The molecule has 0 aromatic heterocycles. The summed E-state index contributed by atoms with van der Waals surface area (Å²) in [7, 11) is 0. The van der Waals surface area contributed by atoms with Crippen LogP contribution in [-0.4, -0.2) is 35.7 Å². The van der Waals surface area contributed by atoms with Gasteiger partial charge in [-0.3, -0.25) is 4.79 Å². The Morgan fingerprint density at radius 3 is 2.58 bits per heavy atom. The Kier molecular flexibility index (Phi) is 6.23. The first-order chi connectivity index (χ1) is 11.3. The van der Waals surface area contributed by atoms with Crippen LogP contribution in [0.25, 0.3) is 0 Å². The van der Waals surface area contributed by atoms with Crippen molar-refractivity contribution in [2.24, 2.45) is 5.92 Å². The fraction of sp³-hybridized carbons (Fsp3) is 0.579. The number of esters is 1. The highest BCUT2D eigenvalue weighted by Gasteiger charge is 2.28. The van der Waals surface area contributed by atoms with Gasteiger partial charge in [0.25, 0.3) is 0 Å². The van der Waals surface area contributed by atoms with Crippen molar-refractivity contribution in [2.45, 2.75) is 52.2 Å². The van der Waals surface area contributed by atoms with E-state index in [2.05, 4.69) is 0 Å². The molecule has 0 saturated carbocycles. The summed E-state index contributed by atoms with van der Waals surface area (Å²) in [5, 5.41) is 0. The van der Waals surface area contributed by atoms with E-state index in [1.54, 1.807) is 4.90 Å². The summed E-state index contributed by atoms with van der Waals surface area (Å²) >= 11 is 0. The average molecular weight is 333 g/mol. The second kappa shape index (κ2) is 8.18. The molecule has 1 aliphatic rings. The van der Waals surface area contributed by atoms with Crippen LogP contribution in [0.3, 0.4) is 0 Å². The molecule has 0 spiro atoms. The van der Waals surface area contributed by atoms with Crippen LogP contribution in [0.4, 0.5) is 4.79 Å². The van der Waals surface area contributed by atoms with Crippen LogP contribution in [0.5, 0.6) is 0 Å². The molecule has 1 aromatic carbocycles. The lowest BCUT2D eigenvalue weighted by Crippen LogP contribution is -2.43. The molecule has 132 valence electrons. The lowest BCUT2D eigenvalue weighted by atomic mass is 9.95. The Morgan fingerprint density at radius 2 is 1.92 bits per heavy atom. The number of carbonyl (C=O) groups is 2. The van der Waals surface area contributed by atoms with E-state index in [0.717, 1.165) is 18.4 Å². The molecule has 0 unspecified atom stereocenters. The van der Waals surface area contributed by atoms with E-state index in [1.165, 1.54) is 0 Å². The number of amides is 1. The summed E-state index contributed by atoms with van der Waals surface area (Å²) in [6, 6.07) is 9.63. The Labute approximate surface area is 143 Å². The van der Waals surface area contributed by atoms with E-state index < -0.39 is 5.60 Å². The summed E-state index contributed by atoms with van der Waals surface area (Å²) in [5.41, 5.74) is 0.475. The molecule has 1 aromatic rings. The van der Waals surface area contributed by atoms with Crippen molar-refractivity contribution in [3.05, 3.63) is 35.9 Å². The van der Waals surface area contributed by atoms with Crippen molar-refractivity contribution < 1.29 is 19.1 Å². The van der Waals surface area contributed by atoms with Crippen LogP contribution in [0.15, 0.2) is 30.3 Å². The average Bonchev–Trinajstić information content (AvgIpc) is 2.52. The maximum absolute atomic E-state index is 12.1. The molecule has 5 heteroatoms. The Morgan fingerprint density at radius 1 is 1.21 bits per heavy atom. The molecular weight excluding hydrogens is 306 g/mol. The molecule has 1 aliphatic heterocycles. The summed E-state index contributed by atoms with van der Waals surface area (Å²) in [6.07, 6.45) is 1.85. The van der Waals surface area contributed by atoms with E-state index in [4.69, 9.17) is 9.47 Å². The lowest BCUT2D eigenvalue weighted by molar-refractivity contribution is -0.146. The smallest absolute Gasteiger partial charge is 0.410 e. The van der Waals surface area contributed by atoms with Crippen LogP contribution in [0.1, 0.15) is 45.6 Å². The fourth-order valence-corrected chi connectivity index (χ4v) is 2.76. The zero-order valence-electron chi connectivity index (χ0n) is 14.8. The highest BCUT2D eigenvalue weighted by Crippen LogP contribution is 2.22. The van der Waals surface area contributed by atoms with E-state index in [9.17, 15) is 9.59 Å². The van der Waals surface area contributed by atoms with Crippen LogP contribution in [0.2, 0.25) is 0 Å². The minimum Gasteiger partial charge on any atom is -0.461 e. The van der Waals surface area contributed by atoms with Gasteiger partial charge >= 0.3 is 12.1 Å². The predicted octanol–water partition coefficient (Wildman–Crippen LogP) is 3.77. The molecule has 0 radical (unpaired) electrons. The van der Waals surface area contributed by atoms with Gasteiger partial charge in [0, 0.05) is 13.1 Å². The maximum atomic E-state index is 12.1. The fourth-order valence-electron chi connectivity index (χ4n) is 2.76. The van der Waals surface area contributed by atoms with Crippen molar-refractivity contribution in [1.82, 2.24) is 4.90 Å².